The van der Waals surface area contributed by atoms with Gasteiger partial charge in [-0.15, -0.1) is 0 Å². The normalized spacial score (nSPS) is 16.4. The number of aromatic nitrogens is 1. The Labute approximate surface area is 240 Å². The zero-order chi connectivity index (χ0) is 29.4. The number of nitrogens with zero attached hydrogens (tertiary/aromatic N) is 3. The summed E-state index contributed by atoms with van der Waals surface area (Å²) in [5.74, 6) is 0.136. The molecule has 2 heterocycles. The van der Waals surface area contributed by atoms with Crippen LogP contribution in [0.4, 0.5) is 5.88 Å². The van der Waals surface area contributed by atoms with E-state index in [9.17, 15) is 18.0 Å². The van der Waals surface area contributed by atoms with E-state index in [1.807, 2.05) is 0 Å². The second kappa shape index (κ2) is 11.1. The summed E-state index contributed by atoms with van der Waals surface area (Å²) < 4.78 is 34.5. The Hall–Kier alpha value is -3.99. The molecule has 1 aliphatic carbocycles. The van der Waals surface area contributed by atoms with Crippen molar-refractivity contribution < 1.29 is 22.5 Å². The quantitative estimate of drug-likeness (QED) is 0.342. The highest BCUT2D eigenvalue weighted by Gasteiger charge is 2.49. The molecule has 0 atom stereocenters. The van der Waals surface area contributed by atoms with Gasteiger partial charge in [0.05, 0.1) is 17.1 Å². The molecule has 216 valence electrons. The number of benzene rings is 2. The van der Waals surface area contributed by atoms with Gasteiger partial charge in [0.15, 0.2) is 0 Å². The van der Waals surface area contributed by atoms with Gasteiger partial charge in [-0.3, -0.25) is 19.5 Å². The molecule has 3 N–H and O–H groups in total. The molecule has 41 heavy (non-hydrogen) atoms. The van der Waals surface area contributed by atoms with Crippen LogP contribution in [-0.2, 0) is 21.4 Å². The molecule has 1 saturated carbocycles. The van der Waals surface area contributed by atoms with Crippen LogP contribution in [0.1, 0.15) is 79.0 Å². The molecule has 3 aromatic rings. The second-order valence-corrected chi connectivity index (χ2v) is 12.5. The smallest absolute Gasteiger partial charge is 0.264 e. The molecule has 11 heteroatoms. The number of carbonyl (C=O) groups excluding carboxylic acids is 2. The van der Waals surface area contributed by atoms with E-state index in [0.717, 1.165) is 44.4 Å². The average molecular weight is 578 g/mol. The minimum Gasteiger partial charge on any atom is -0.366 e. The van der Waals surface area contributed by atoms with Crippen LogP contribution >= 0.6 is 0 Å². The maximum Gasteiger partial charge on any atom is 0.264 e. The number of amides is 2. The second-order valence-electron chi connectivity index (χ2n) is 10.8. The molecular weight excluding hydrogens is 542 g/mol. The molecule has 0 radical (unpaired) electrons. The molecule has 0 unspecified atom stereocenters. The third-order valence-corrected chi connectivity index (χ3v) is 9.41. The van der Waals surface area contributed by atoms with Gasteiger partial charge in [0.2, 0.25) is 11.8 Å². The highest BCUT2D eigenvalue weighted by molar-refractivity contribution is 7.92. The van der Waals surface area contributed by atoms with Crippen LogP contribution in [-0.4, -0.2) is 41.7 Å². The molecule has 1 aromatic heterocycles. The van der Waals surface area contributed by atoms with E-state index in [1.54, 1.807) is 55.1 Å². The largest absolute Gasteiger partial charge is 0.366 e. The van der Waals surface area contributed by atoms with Gasteiger partial charge in [0, 0.05) is 23.1 Å². The van der Waals surface area contributed by atoms with Crippen molar-refractivity contribution in [2.75, 3.05) is 4.72 Å². The summed E-state index contributed by atoms with van der Waals surface area (Å²) in [5.41, 5.74) is 7.85. The molecule has 0 bridgehead atoms. The van der Waals surface area contributed by atoms with Gasteiger partial charge in [-0.1, -0.05) is 61.7 Å². The molecule has 1 fully saturated rings. The number of sulfonamides is 1. The van der Waals surface area contributed by atoms with E-state index in [1.165, 1.54) is 6.07 Å². The number of nitrogens with two attached hydrogens (primary N) is 1. The van der Waals surface area contributed by atoms with Crippen LogP contribution in [0.3, 0.4) is 0 Å². The Balaban J connectivity index is 1.49. The molecule has 1 aliphatic heterocycles. The number of primary amides is 1. The topological polar surface area (TPSA) is 148 Å². The van der Waals surface area contributed by atoms with E-state index in [2.05, 4.69) is 16.8 Å². The number of unbranched alkanes of at least 4 members (excludes halogenated alkanes) is 1. The first-order chi connectivity index (χ1) is 19.6. The molecule has 0 saturated heterocycles. The highest BCUT2D eigenvalue weighted by Crippen LogP contribution is 2.40. The molecule has 2 aromatic carbocycles. The van der Waals surface area contributed by atoms with Gasteiger partial charge >= 0.3 is 0 Å². The van der Waals surface area contributed by atoms with Crippen molar-refractivity contribution in [3.8, 4) is 11.1 Å². The fraction of sp³-hybridized carbons (Fsp3) is 0.400. The first kappa shape index (κ1) is 28.5. The molecule has 2 amide bonds. The SMILES string of the molecule is CCCCC1=NC2(CCCC2)C(=O)N1Cc1ccc(-c2ccccc2S(=O)(=O)Nc2onc(C)c2C)c(C(N)=O)c1. The zero-order valence-electron chi connectivity index (χ0n) is 23.6. The predicted molar refractivity (Wildman–Crippen MR) is 156 cm³/mol. The van der Waals surface area contributed by atoms with Crippen LogP contribution in [0.15, 0.2) is 56.9 Å². The van der Waals surface area contributed by atoms with Gasteiger partial charge in [-0.25, -0.2) is 13.1 Å². The molecule has 2 aliphatic rings. The van der Waals surface area contributed by atoms with Crippen molar-refractivity contribution >= 4 is 33.6 Å². The maximum absolute atomic E-state index is 13.6. The predicted octanol–water partition coefficient (Wildman–Crippen LogP) is 5.10. The third-order valence-electron chi connectivity index (χ3n) is 8.02. The number of rotatable bonds is 10. The van der Waals surface area contributed by atoms with Gasteiger partial charge in [-0.05, 0) is 56.4 Å². The number of hydrogen-bond acceptors (Lipinski definition) is 7. The molecule has 10 nitrogen and oxygen atoms in total. The Bertz CT molecular complexity index is 1640. The van der Waals surface area contributed by atoms with Crippen molar-refractivity contribution in [1.29, 1.82) is 0 Å². The van der Waals surface area contributed by atoms with Crippen molar-refractivity contribution in [3.05, 3.63) is 64.8 Å². The van der Waals surface area contributed by atoms with Crippen molar-refractivity contribution in [3.63, 3.8) is 0 Å². The van der Waals surface area contributed by atoms with Crippen LogP contribution in [0, 0.1) is 13.8 Å². The summed E-state index contributed by atoms with van der Waals surface area (Å²) in [7, 11) is -4.11. The minimum atomic E-state index is -4.11. The third kappa shape index (κ3) is 5.38. The van der Waals surface area contributed by atoms with E-state index in [-0.39, 0.29) is 28.8 Å². The lowest BCUT2D eigenvalue weighted by Gasteiger charge is -2.23. The summed E-state index contributed by atoms with van der Waals surface area (Å²) in [6, 6.07) is 11.5. The van der Waals surface area contributed by atoms with E-state index in [4.69, 9.17) is 15.2 Å². The maximum atomic E-state index is 13.6. The van der Waals surface area contributed by atoms with E-state index >= 15 is 0 Å². The number of aryl methyl sites for hydroxylation is 1. The van der Waals surface area contributed by atoms with Crippen LogP contribution < -0.4 is 10.5 Å². The molecular formula is C30H35N5O5S. The van der Waals surface area contributed by atoms with Gasteiger partial charge < -0.3 is 10.3 Å². The lowest BCUT2D eigenvalue weighted by molar-refractivity contribution is -0.131. The Morgan fingerprint density at radius 2 is 1.85 bits per heavy atom. The zero-order valence-corrected chi connectivity index (χ0v) is 24.4. The summed E-state index contributed by atoms with van der Waals surface area (Å²) in [4.78, 5) is 32.9. The summed E-state index contributed by atoms with van der Waals surface area (Å²) >= 11 is 0. The van der Waals surface area contributed by atoms with Crippen LogP contribution in [0.2, 0.25) is 0 Å². The summed E-state index contributed by atoms with van der Waals surface area (Å²) in [5, 5.41) is 3.81. The van der Waals surface area contributed by atoms with Crippen molar-refractivity contribution in [1.82, 2.24) is 10.1 Å². The first-order valence-electron chi connectivity index (χ1n) is 13.9. The van der Waals surface area contributed by atoms with E-state index in [0.29, 0.717) is 34.4 Å². The number of hydrogen-bond donors (Lipinski definition) is 2. The Morgan fingerprint density at radius 3 is 2.51 bits per heavy atom. The fourth-order valence-corrected chi connectivity index (χ4v) is 6.89. The van der Waals surface area contributed by atoms with Crippen molar-refractivity contribution in [2.45, 2.75) is 82.7 Å². The first-order valence-corrected chi connectivity index (χ1v) is 15.4. The lowest BCUT2D eigenvalue weighted by Crippen LogP contribution is -2.40. The number of anilines is 1. The number of aliphatic imine (C=N–C) groups is 1. The molecule has 5 rings (SSSR count). The number of carbonyl (C=O) groups is 2. The van der Waals surface area contributed by atoms with Gasteiger partial charge in [-0.2, -0.15) is 0 Å². The number of nitrogens with one attached hydrogen (secondary N) is 1. The molecule has 1 spiro atoms. The highest BCUT2D eigenvalue weighted by atomic mass is 32.2. The summed E-state index contributed by atoms with van der Waals surface area (Å²) in [6.07, 6.45) is 6.12. The Kier molecular flexibility index (Phi) is 7.74. The van der Waals surface area contributed by atoms with Crippen molar-refractivity contribution in [2.24, 2.45) is 10.7 Å². The average Bonchev–Trinajstić information content (AvgIpc) is 3.63. The van der Waals surface area contributed by atoms with Crippen LogP contribution in [0.25, 0.3) is 11.1 Å². The minimum absolute atomic E-state index is 0.0197. The van der Waals surface area contributed by atoms with Crippen LogP contribution in [0.5, 0.6) is 0 Å². The lowest BCUT2D eigenvalue weighted by atomic mass is 9.96. The Morgan fingerprint density at radius 1 is 1.12 bits per heavy atom. The van der Waals surface area contributed by atoms with Gasteiger partial charge in [0.25, 0.3) is 15.9 Å². The summed E-state index contributed by atoms with van der Waals surface area (Å²) in [6.45, 7) is 5.78. The van der Waals surface area contributed by atoms with Gasteiger partial charge in [0.1, 0.15) is 11.4 Å². The number of amidine groups is 1. The van der Waals surface area contributed by atoms with E-state index < -0.39 is 21.5 Å². The monoisotopic (exact) mass is 577 g/mol. The standard InChI is InChI=1S/C30H35N5O5S/c1-4-5-12-26-32-30(15-8-9-16-30)29(37)35(26)18-21-13-14-22(24(17-21)27(31)36)23-10-6-7-11-25(23)41(38,39)34-28-19(2)20(3)33-40-28/h6-7,10-11,13-14,17,34H,4-5,8-9,12,15-16,18H2,1-3H3,(H2,31,36). The fourth-order valence-electron chi connectivity index (χ4n) is 5.62.